The maximum absolute atomic E-state index is 12.8. The van der Waals surface area contributed by atoms with Gasteiger partial charge in [0.2, 0.25) is 15.9 Å². The third-order valence-corrected chi connectivity index (χ3v) is 5.78. The summed E-state index contributed by atoms with van der Waals surface area (Å²) in [5.41, 5.74) is 0.664. The van der Waals surface area contributed by atoms with Gasteiger partial charge in [0.05, 0.1) is 23.5 Å². The number of carbonyl (C=O) groups is 1. The summed E-state index contributed by atoms with van der Waals surface area (Å²) in [7, 11) is -4.29. The minimum atomic E-state index is -4.67. The smallest absolute Gasteiger partial charge is 0.351 e. The van der Waals surface area contributed by atoms with E-state index in [1.807, 2.05) is 29.0 Å². The van der Waals surface area contributed by atoms with Gasteiger partial charge in [0.1, 0.15) is 0 Å². The van der Waals surface area contributed by atoms with Crippen molar-refractivity contribution < 1.29 is 26.4 Å². The Morgan fingerprint density at radius 2 is 1.77 bits per heavy atom. The van der Waals surface area contributed by atoms with Gasteiger partial charge in [-0.15, -0.1) is 0 Å². The van der Waals surface area contributed by atoms with E-state index >= 15 is 0 Å². The minimum Gasteiger partial charge on any atom is -0.351 e. The Hall–Kier alpha value is -3.18. The molecular formula is C20H19F3N4O3S. The standard InChI is InChI=1S/C20H19F3N4O3S/c21-20(22,23)17-7-3-8-18(11-17)31(29,30)26-13-19(28)24-12-15-5-1-2-6-16(15)14-27-10-4-9-25-27/h1-11,26H,12-14H2,(H,24,28). The lowest BCUT2D eigenvalue weighted by atomic mass is 10.1. The van der Waals surface area contributed by atoms with Crippen LogP contribution < -0.4 is 10.0 Å². The molecule has 3 aromatic rings. The van der Waals surface area contributed by atoms with Gasteiger partial charge in [-0.2, -0.15) is 18.3 Å². The van der Waals surface area contributed by atoms with Crippen molar-refractivity contribution in [3.63, 3.8) is 0 Å². The molecule has 0 radical (unpaired) electrons. The second kappa shape index (κ2) is 9.31. The van der Waals surface area contributed by atoms with E-state index < -0.39 is 39.1 Å². The van der Waals surface area contributed by atoms with Crippen LogP contribution in [0.4, 0.5) is 13.2 Å². The third-order valence-electron chi connectivity index (χ3n) is 4.38. The van der Waals surface area contributed by atoms with Crippen molar-refractivity contribution in [1.82, 2.24) is 19.8 Å². The summed E-state index contributed by atoms with van der Waals surface area (Å²) < 4.78 is 66.6. The molecule has 0 aliphatic heterocycles. The first-order valence-corrected chi connectivity index (χ1v) is 10.6. The van der Waals surface area contributed by atoms with Gasteiger partial charge >= 0.3 is 6.18 Å². The largest absolute Gasteiger partial charge is 0.416 e. The van der Waals surface area contributed by atoms with Gasteiger partial charge in [-0.25, -0.2) is 13.1 Å². The number of alkyl halides is 3. The highest BCUT2D eigenvalue weighted by Gasteiger charge is 2.31. The van der Waals surface area contributed by atoms with E-state index in [4.69, 9.17) is 0 Å². The molecular weight excluding hydrogens is 433 g/mol. The molecule has 31 heavy (non-hydrogen) atoms. The summed E-state index contributed by atoms with van der Waals surface area (Å²) >= 11 is 0. The predicted octanol–water partition coefficient (Wildman–Crippen LogP) is 2.54. The highest BCUT2D eigenvalue weighted by molar-refractivity contribution is 7.89. The van der Waals surface area contributed by atoms with Crippen molar-refractivity contribution in [3.05, 3.63) is 83.7 Å². The van der Waals surface area contributed by atoms with Gasteiger partial charge < -0.3 is 5.32 Å². The summed E-state index contributed by atoms with van der Waals surface area (Å²) in [5, 5.41) is 6.74. The lowest BCUT2D eigenvalue weighted by molar-refractivity contribution is -0.137. The summed E-state index contributed by atoms with van der Waals surface area (Å²) in [4.78, 5) is 11.5. The first-order valence-electron chi connectivity index (χ1n) is 9.13. The third kappa shape index (κ3) is 6.15. The summed E-state index contributed by atoms with van der Waals surface area (Å²) in [6.07, 6.45) is -1.22. The number of halogens is 3. The number of nitrogens with zero attached hydrogens (tertiary/aromatic N) is 2. The maximum Gasteiger partial charge on any atom is 0.416 e. The molecule has 0 saturated carbocycles. The molecule has 0 spiro atoms. The van der Waals surface area contributed by atoms with Crippen LogP contribution in [-0.2, 0) is 34.1 Å². The molecule has 0 saturated heterocycles. The quantitative estimate of drug-likeness (QED) is 0.549. The SMILES string of the molecule is O=C(CNS(=O)(=O)c1cccc(C(F)(F)F)c1)NCc1ccccc1Cn1cccn1. The number of sulfonamides is 1. The number of benzene rings is 2. The van der Waals surface area contributed by atoms with Crippen LogP contribution in [0.5, 0.6) is 0 Å². The van der Waals surface area contributed by atoms with E-state index in [-0.39, 0.29) is 6.54 Å². The normalized spacial score (nSPS) is 12.0. The van der Waals surface area contributed by atoms with E-state index in [2.05, 4.69) is 10.4 Å². The number of aromatic nitrogens is 2. The van der Waals surface area contributed by atoms with Crippen LogP contribution in [0.3, 0.4) is 0 Å². The molecule has 0 aliphatic carbocycles. The molecule has 2 N–H and O–H groups in total. The first-order chi connectivity index (χ1) is 14.6. The maximum atomic E-state index is 12.8. The van der Waals surface area contributed by atoms with E-state index in [1.54, 1.807) is 23.1 Å². The van der Waals surface area contributed by atoms with Gasteiger partial charge in [0.15, 0.2) is 0 Å². The van der Waals surface area contributed by atoms with E-state index in [1.165, 1.54) is 0 Å². The fourth-order valence-corrected chi connectivity index (χ4v) is 3.82. The number of hydrogen-bond acceptors (Lipinski definition) is 4. The Balaban J connectivity index is 1.59. The van der Waals surface area contributed by atoms with Gasteiger partial charge in [0, 0.05) is 18.9 Å². The molecule has 0 atom stereocenters. The summed E-state index contributed by atoms with van der Waals surface area (Å²) in [5.74, 6) is -0.621. The number of amides is 1. The Morgan fingerprint density at radius 3 is 2.45 bits per heavy atom. The lowest BCUT2D eigenvalue weighted by Gasteiger charge is -2.12. The topological polar surface area (TPSA) is 93.1 Å². The zero-order chi connectivity index (χ0) is 22.5. The molecule has 0 fully saturated rings. The average Bonchev–Trinajstić information content (AvgIpc) is 3.24. The second-order valence-electron chi connectivity index (χ2n) is 6.60. The Kier molecular flexibility index (Phi) is 6.76. The molecule has 164 valence electrons. The average molecular weight is 452 g/mol. The second-order valence-corrected chi connectivity index (χ2v) is 8.37. The summed E-state index contributed by atoms with van der Waals surface area (Å²) in [6, 6.07) is 12.5. The molecule has 1 amide bonds. The Morgan fingerprint density at radius 1 is 1.03 bits per heavy atom. The molecule has 0 aliphatic rings. The molecule has 0 unspecified atom stereocenters. The van der Waals surface area contributed by atoms with Gasteiger partial charge in [-0.3, -0.25) is 9.48 Å². The molecule has 1 heterocycles. The first kappa shape index (κ1) is 22.5. The highest BCUT2D eigenvalue weighted by atomic mass is 32.2. The van der Waals surface area contributed by atoms with Crippen LogP contribution in [0.25, 0.3) is 0 Å². The monoisotopic (exact) mass is 452 g/mol. The van der Waals surface area contributed by atoms with Crippen molar-refractivity contribution in [1.29, 1.82) is 0 Å². The molecule has 1 aromatic heterocycles. The van der Waals surface area contributed by atoms with Crippen molar-refractivity contribution in [2.24, 2.45) is 0 Å². The predicted molar refractivity (Wildman–Crippen MR) is 106 cm³/mol. The van der Waals surface area contributed by atoms with Crippen molar-refractivity contribution in [3.8, 4) is 0 Å². The van der Waals surface area contributed by atoms with Crippen LogP contribution >= 0.6 is 0 Å². The van der Waals surface area contributed by atoms with Crippen LogP contribution in [0.1, 0.15) is 16.7 Å². The van der Waals surface area contributed by atoms with Crippen molar-refractivity contribution >= 4 is 15.9 Å². The van der Waals surface area contributed by atoms with E-state index in [0.717, 1.165) is 29.3 Å². The molecule has 0 bridgehead atoms. The molecule has 3 rings (SSSR count). The zero-order valence-corrected chi connectivity index (χ0v) is 16.9. The van der Waals surface area contributed by atoms with Gasteiger partial charge in [0.25, 0.3) is 0 Å². The summed E-state index contributed by atoms with van der Waals surface area (Å²) in [6.45, 7) is 0.0443. The van der Waals surface area contributed by atoms with Crippen LogP contribution in [0.15, 0.2) is 71.9 Å². The lowest BCUT2D eigenvalue weighted by Crippen LogP contribution is -2.36. The van der Waals surface area contributed by atoms with Crippen LogP contribution in [0, 0.1) is 0 Å². The Bertz CT molecular complexity index is 1150. The van der Waals surface area contributed by atoms with Crippen LogP contribution in [-0.4, -0.2) is 30.7 Å². The van der Waals surface area contributed by atoms with Crippen molar-refractivity contribution in [2.45, 2.75) is 24.2 Å². The number of rotatable bonds is 8. The van der Waals surface area contributed by atoms with E-state index in [9.17, 15) is 26.4 Å². The number of hydrogen-bond donors (Lipinski definition) is 2. The van der Waals surface area contributed by atoms with Crippen LogP contribution in [0.2, 0.25) is 0 Å². The number of carbonyl (C=O) groups excluding carboxylic acids is 1. The number of nitrogens with one attached hydrogen (secondary N) is 2. The zero-order valence-electron chi connectivity index (χ0n) is 16.1. The van der Waals surface area contributed by atoms with E-state index in [0.29, 0.717) is 12.6 Å². The Labute approximate surface area is 176 Å². The molecule has 11 heteroatoms. The molecule has 2 aromatic carbocycles. The van der Waals surface area contributed by atoms with Crippen molar-refractivity contribution in [2.75, 3.05) is 6.54 Å². The highest BCUT2D eigenvalue weighted by Crippen LogP contribution is 2.30. The molecule has 7 nitrogen and oxygen atoms in total. The van der Waals surface area contributed by atoms with Gasteiger partial charge in [-0.05, 0) is 35.4 Å². The fraction of sp³-hybridized carbons (Fsp3) is 0.200. The minimum absolute atomic E-state index is 0.154. The van der Waals surface area contributed by atoms with Gasteiger partial charge in [-0.1, -0.05) is 30.3 Å². The fourth-order valence-electron chi connectivity index (χ4n) is 2.79.